The summed E-state index contributed by atoms with van der Waals surface area (Å²) in [5.74, 6) is 0.691. The molecule has 0 amide bonds. The molecule has 1 aromatic heterocycles. The molecule has 0 atom stereocenters. The Morgan fingerprint density at radius 1 is 1.31 bits per heavy atom. The first-order valence-electron chi connectivity index (χ1n) is 5.63. The number of anilines is 1. The van der Waals surface area contributed by atoms with E-state index >= 15 is 0 Å². The number of aliphatic hydroxyl groups is 1. The zero-order valence-corrected chi connectivity index (χ0v) is 9.98. The molecule has 16 heavy (non-hydrogen) atoms. The average molecular weight is 224 g/mol. The van der Waals surface area contributed by atoms with Crippen LogP contribution in [0.2, 0.25) is 0 Å². The van der Waals surface area contributed by atoms with Crippen molar-refractivity contribution in [3.05, 3.63) is 18.0 Å². The number of aromatic nitrogens is 2. The van der Waals surface area contributed by atoms with Gasteiger partial charge in [-0.3, -0.25) is 0 Å². The van der Waals surface area contributed by atoms with Crippen LogP contribution in [-0.2, 0) is 6.54 Å². The maximum atomic E-state index is 8.96. The molecule has 0 unspecified atom stereocenters. The molecule has 2 N–H and O–H groups in total. The van der Waals surface area contributed by atoms with Crippen LogP contribution in [0.25, 0.3) is 0 Å². The predicted octanol–water partition coefficient (Wildman–Crippen LogP) is 0.405. The molecule has 0 aliphatic rings. The summed E-state index contributed by atoms with van der Waals surface area (Å²) in [7, 11) is 1.89. The first-order chi connectivity index (χ1) is 7.81. The lowest BCUT2D eigenvalue weighted by Crippen LogP contribution is -2.29. The van der Waals surface area contributed by atoms with Crippen molar-refractivity contribution in [2.75, 3.05) is 31.6 Å². The second-order valence-corrected chi connectivity index (χ2v) is 3.63. The summed E-state index contributed by atoms with van der Waals surface area (Å²) in [5.41, 5.74) is 1.06. The molecule has 0 aromatic carbocycles. The number of hydrogen-bond acceptors (Lipinski definition) is 5. The molecule has 0 saturated heterocycles. The normalized spacial score (nSPS) is 10.4. The fourth-order valence-electron chi connectivity index (χ4n) is 1.51. The van der Waals surface area contributed by atoms with Crippen molar-refractivity contribution in [3.8, 4) is 0 Å². The van der Waals surface area contributed by atoms with Crippen LogP contribution in [0.4, 0.5) is 5.95 Å². The van der Waals surface area contributed by atoms with Gasteiger partial charge in [0, 0.05) is 37.6 Å². The third kappa shape index (κ3) is 3.75. The molecule has 1 rings (SSSR count). The fraction of sp³-hybridized carbons (Fsp3) is 0.636. The molecule has 0 fully saturated rings. The van der Waals surface area contributed by atoms with Crippen LogP contribution in [0, 0.1) is 0 Å². The molecule has 0 saturated carbocycles. The van der Waals surface area contributed by atoms with Crippen molar-refractivity contribution in [1.29, 1.82) is 0 Å². The molecule has 0 spiro atoms. The van der Waals surface area contributed by atoms with E-state index in [1.807, 2.05) is 24.3 Å². The van der Waals surface area contributed by atoms with Crippen LogP contribution in [-0.4, -0.2) is 41.8 Å². The highest BCUT2D eigenvalue weighted by Gasteiger charge is 2.07. The molecule has 5 heteroatoms. The van der Waals surface area contributed by atoms with Crippen molar-refractivity contribution >= 4 is 5.95 Å². The summed E-state index contributed by atoms with van der Waals surface area (Å²) < 4.78 is 0. The second kappa shape index (κ2) is 7.14. The molecule has 90 valence electrons. The minimum atomic E-state index is 0.127. The highest BCUT2D eigenvalue weighted by molar-refractivity contribution is 5.29. The van der Waals surface area contributed by atoms with Gasteiger partial charge < -0.3 is 15.3 Å². The van der Waals surface area contributed by atoms with Gasteiger partial charge in [-0.2, -0.15) is 0 Å². The Balaban J connectivity index is 2.68. The van der Waals surface area contributed by atoms with E-state index in [0.29, 0.717) is 12.5 Å². The van der Waals surface area contributed by atoms with Gasteiger partial charge in [0.05, 0.1) is 6.61 Å². The standard InChI is InChI=1S/C11H20N4O/c1-3-4-15(5-6-16)11-13-8-10(7-12-2)9-14-11/h8-9,12,16H,3-7H2,1-2H3. The Hall–Kier alpha value is -1.20. The summed E-state index contributed by atoms with van der Waals surface area (Å²) in [6, 6.07) is 0. The van der Waals surface area contributed by atoms with Crippen LogP contribution in [0.1, 0.15) is 18.9 Å². The van der Waals surface area contributed by atoms with Crippen molar-refractivity contribution < 1.29 is 5.11 Å². The van der Waals surface area contributed by atoms with E-state index in [-0.39, 0.29) is 6.61 Å². The topological polar surface area (TPSA) is 61.3 Å². The molecule has 1 aromatic rings. The number of nitrogens with one attached hydrogen (secondary N) is 1. The SMILES string of the molecule is CCCN(CCO)c1ncc(CNC)cn1. The van der Waals surface area contributed by atoms with Crippen LogP contribution in [0.15, 0.2) is 12.4 Å². The quantitative estimate of drug-likeness (QED) is 0.702. The lowest BCUT2D eigenvalue weighted by molar-refractivity contribution is 0.301. The van der Waals surface area contributed by atoms with Gasteiger partial charge in [0.25, 0.3) is 0 Å². The minimum absolute atomic E-state index is 0.127. The predicted molar refractivity (Wildman–Crippen MR) is 64.4 cm³/mol. The Labute approximate surface area is 96.5 Å². The van der Waals surface area contributed by atoms with Gasteiger partial charge in [0.2, 0.25) is 5.95 Å². The number of hydrogen-bond donors (Lipinski definition) is 2. The molecular formula is C11H20N4O. The highest BCUT2D eigenvalue weighted by Crippen LogP contribution is 2.07. The van der Waals surface area contributed by atoms with Crippen molar-refractivity contribution in [1.82, 2.24) is 15.3 Å². The van der Waals surface area contributed by atoms with E-state index in [1.54, 1.807) is 0 Å². The Bertz CT molecular complexity index is 283. The third-order valence-corrected chi connectivity index (χ3v) is 2.22. The zero-order valence-electron chi connectivity index (χ0n) is 9.98. The van der Waals surface area contributed by atoms with E-state index in [4.69, 9.17) is 5.11 Å². The van der Waals surface area contributed by atoms with E-state index < -0.39 is 0 Å². The monoisotopic (exact) mass is 224 g/mol. The minimum Gasteiger partial charge on any atom is -0.395 e. The molecular weight excluding hydrogens is 204 g/mol. The molecule has 0 bridgehead atoms. The number of nitrogens with zero attached hydrogens (tertiary/aromatic N) is 3. The van der Waals surface area contributed by atoms with Gasteiger partial charge >= 0.3 is 0 Å². The molecule has 5 nitrogen and oxygen atoms in total. The highest BCUT2D eigenvalue weighted by atomic mass is 16.3. The van der Waals surface area contributed by atoms with Crippen molar-refractivity contribution in [2.45, 2.75) is 19.9 Å². The summed E-state index contributed by atoms with van der Waals surface area (Å²) in [5, 5.41) is 12.0. The third-order valence-electron chi connectivity index (χ3n) is 2.22. The maximum absolute atomic E-state index is 8.96. The smallest absolute Gasteiger partial charge is 0.225 e. The first-order valence-corrected chi connectivity index (χ1v) is 5.63. The van der Waals surface area contributed by atoms with Crippen LogP contribution in [0.5, 0.6) is 0 Å². The summed E-state index contributed by atoms with van der Waals surface area (Å²) >= 11 is 0. The van der Waals surface area contributed by atoms with Gasteiger partial charge in [0.1, 0.15) is 0 Å². The van der Waals surface area contributed by atoms with Gasteiger partial charge in [0.15, 0.2) is 0 Å². The summed E-state index contributed by atoms with van der Waals surface area (Å²) in [6.45, 7) is 4.45. The number of aliphatic hydroxyl groups excluding tert-OH is 1. The van der Waals surface area contributed by atoms with E-state index in [9.17, 15) is 0 Å². The van der Waals surface area contributed by atoms with Crippen LogP contribution < -0.4 is 10.2 Å². The van der Waals surface area contributed by atoms with E-state index in [2.05, 4.69) is 22.2 Å². The average Bonchev–Trinajstić information content (AvgIpc) is 2.30. The molecule has 0 radical (unpaired) electrons. The van der Waals surface area contributed by atoms with Gasteiger partial charge in [-0.1, -0.05) is 6.92 Å². The van der Waals surface area contributed by atoms with E-state index in [1.165, 1.54) is 0 Å². The van der Waals surface area contributed by atoms with Crippen molar-refractivity contribution in [3.63, 3.8) is 0 Å². The zero-order chi connectivity index (χ0) is 11.8. The van der Waals surface area contributed by atoms with Crippen molar-refractivity contribution in [2.24, 2.45) is 0 Å². The van der Waals surface area contributed by atoms with Gasteiger partial charge in [-0.25, -0.2) is 9.97 Å². The molecule has 0 aliphatic carbocycles. The van der Waals surface area contributed by atoms with E-state index in [0.717, 1.165) is 25.1 Å². The lowest BCUT2D eigenvalue weighted by Gasteiger charge is -2.20. The largest absolute Gasteiger partial charge is 0.395 e. The fourth-order valence-corrected chi connectivity index (χ4v) is 1.51. The lowest BCUT2D eigenvalue weighted by atomic mass is 10.3. The van der Waals surface area contributed by atoms with Crippen LogP contribution >= 0.6 is 0 Å². The molecule has 1 heterocycles. The maximum Gasteiger partial charge on any atom is 0.225 e. The summed E-state index contributed by atoms with van der Waals surface area (Å²) in [4.78, 5) is 10.6. The Kier molecular flexibility index (Phi) is 5.74. The second-order valence-electron chi connectivity index (χ2n) is 3.63. The summed E-state index contributed by atoms with van der Waals surface area (Å²) in [6.07, 6.45) is 4.65. The molecule has 0 aliphatic heterocycles. The first kappa shape index (κ1) is 12.9. The Morgan fingerprint density at radius 2 is 2.00 bits per heavy atom. The van der Waals surface area contributed by atoms with Gasteiger partial charge in [-0.05, 0) is 13.5 Å². The van der Waals surface area contributed by atoms with Gasteiger partial charge in [-0.15, -0.1) is 0 Å². The van der Waals surface area contributed by atoms with Crippen LogP contribution in [0.3, 0.4) is 0 Å². The Morgan fingerprint density at radius 3 is 2.50 bits per heavy atom. The number of rotatable bonds is 7.